The summed E-state index contributed by atoms with van der Waals surface area (Å²) in [4.78, 5) is 2.35. The molecule has 0 N–H and O–H groups in total. The average Bonchev–Trinajstić information content (AvgIpc) is 2.87. The highest BCUT2D eigenvalue weighted by molar-refractivity contribution is 5.60. The van der Waals surface area contributed by atoms with Gasteiger partial charge in [0.1, 0.15) is 5.82 Å². The van der Waals surface area contributed by atoms with Crippen molar-refractivity contribution in [2.75, 3.05) is 32.8 Å². The summed E-state index contributed by atoms with van der Waals surface area (Å²) in [5, 5.41) is 4.50. The molecule has 0 amide bonds. The van der Waals surface area contributed by atoms with Crippen LogP contribution in [0.2, 0.25) is 0 Å². The van der Waals surface area contributed by atoms with Gasteiger partial charge in [-0.2, -0.15) is 5.10 Å². The molecule has 1 aromatic heterocycles. The first-order valence-electron chi connectivity index (χ1n) is 7.33. The minimum absolute atomic E-state index is 0.204. The van der Waals surface area contributed by atoms with Crippen molar-refractivity contribution in [2.45, 2.75) is 13.5 Å². The maximum atomic E-state index is 14.0. The molecule has 1 aliphatic rings. The third-order valence-corrected chi connectivity index (χ3v) is 3.78. The summed E-state index contributed by atoms with van der Waals surface area (Å²) in [7, 11) is 0. The van der Waals surface area contributed by atoms with Gasteiger partial charge in [-0.3, -0.25) is 9.58 Å². The molecule has 1 aromatic carbocycles. The molecule has 21 heavy (non-hydrogen) atoms. The Morgan fingerprint density at radius 1 is 1.19 bits per heavy atom. The van der Waals surface area contributed by atoms with Crippen LogP contribution < -0.4 is 0 Å². The van der Waals surface area contributed by atoms with Crippen LogP contribution in [-0.4, -0.2) is 47.5 Å². The fraction of sp³-hybridized carbons (Fsp3) is 0.438. The van der Waals surface area contributed by atoms with E-state index in [1.807, 2.05) is 23.7 Å². The van der Waals surface area contributed by atoms with Gasteiger partial charge >= 0.3 is 0 Å². The Balaban J connectivity index is 1.78. The van der Waals surface area contributed by atoms with Crippen molar-refractivity contribution >= 4 is 0 Å². The molecular formula is C16H20FN3O. The molecule has 112 valence electrons. The standard InChI is InChI=1S/C16H20FN3O/c1-13-12-16(14-4-2-3-5-15(14)17)20(18-13)7-6-19-8-10-21-11-9-19/h2-5,12H,6-11H2,1H3. The lowest BCUT2D eigenvalue weighted by atomic mass is 10.1. The second-order valence-electron chi connectivity index (χ2n) is 5.33. The predicted octanol–water partition coefficient (Wildman–Crippen LogP) is 2.33. The van der Waals surface area contributed by atoms with E-state index in [4.69, 9.17) is 4.74 Å². The first kappa shape index (κ1) is 14.2. The van der Waals surface area contributed by atoms with Gasteiger partial charge in [-0.05, 0) is 25.1 Å². The molecule has 0 unspecified atom stereocenters. The molecule has 0 atom stereocenters. The number of ether oxygens (including phenoxy) is 1. The van der Waals surface area contributed by atoms with Gasteiger partial charge in [0.15, 0.2) is 0 Å². The van der Waals surface area contributed by atoms with Gasteiger partial charge < -0.3 is 4.74 Å². The van der Waals surface area contributed by atoms with E-state index in [9.17, 15) is 4.39 Å². The Kier molecular flexibility index (Phi) is 4.31. The second kappa shape index (κ2) is 6.37. The van der Waals surface area contributed by atoms with E-state index in [0.717, 1.165) is 50.8 Å². The quantitative estimate of drug-likeness (QED) is 0.865. The lowest BCUT2D eigenvalue weighted by molar-refractivity contribution is 0.0360. The number of nitrogens with zero attached hydrogens (tertiary/aromatic N) is 3. The van der Waals surface area contributed by atoms with Crippen LogP contribution in [0.3, 0.4) is 0 Å². The zero-order valence-electron chi connectivity index (χ0n) is 12.3. The summed E-state index contributed by atoms with van der Waals surface area (Å²) in [6.45, 7) is 7.10. The largest absolute Gasteiger partial charge is 0.379 e. The van der Waals surface area contributed by atoms with Gasteiger partial charge in [-0.15, -0.1) is 0 Å². The number of aryl methyl sites for hydroxylation is 1. The van der Waals surface area contributed by atoms with Gasteiger partial charge in [0, 0.05) is 25.2 Å². The number of halogens is 1. The highest BCUT2D eigenvalue weighted by Crippen LogP contribution is 2.23. The van der Waals surface area contributed by atoms with Crippen molar-refractivity contribution < 1.29 is 9.13 Å². The number of hydrogen-bond donors (Lipinski definition) is 0. The molecule has 4 nitrogen and oxygen atoms in total. The summed E-state index contributed by atoms with van der Waals surface area (Å²) >= 11 is 0. The lowest BCUT2D eigenvalue weighted by Crippen LogP contribution is -2.38. The van der Waals surface area contributed by atoms with Crippen LogP contribution in [0, 0.1) is 12.7 Å². The van der Waals surface area contributed by atoms with Gasteiger partial charge in [0.2, 0.25) is 0 Å². The van der Waals surface area contributed by atoms with E-state index >= 15 is 0 Å². The van der Waals surface area contributed by atoms with Crippen LogP contribution in [0.15, 0.2) is 30.3 Å². The summed E-state index contributed by atoms with van der Waals surface area (Å²) in [5.74, 6) is -0.204. The molecular weight excluding hydrogens is 269 g/mol. The first-order valence-corrected chi connectivity index (χ1v) is 7.33. The molecule has 1 saturated heterocycles. The normalized spacial score (nSPS) is 16.3. The molecule has 0 radical (unpaired) electrons. The van der Waals surface area contributed by atoms with E-state index in [2.05, 4.69) is 10.00 Å². The molecule has 5 heteroatoms. The van der Waals surface area contributed by atoms with Crippen molar-refractivity contribution in [1.82, 2.24) is 14.7 Å². The van der Waals surface area contributed by atoms with Crippen LogP contribution in [0.4, 0.5) is 4.39 Å². The van der Waals surface area contributed by atoms with Gasteiger partial charge in [0.25, 0.3) is 0 Å². The van der Waals surface area contributed by atoms with Crippen LogP contribution in [-0.2, 0) is 11.3 Å². The SMILES string of the molecule is Cc1cc(-c2ccccc2F)n(CCN2CCOCC2)n1. The molecule has 2 aromatic rings. The highest BCUT2D eigenvalue weighted by atomic mass is 19.1. The molecule has 2 heterocycles. The molecule has 1 fully saturated rings. The van der Waals surface area contributed by atoms with Crippen LogP contribution in [0.5, 0.6) is 0 Å². The Morgan fingerprint density at radius 3 is 2.71 bits per heavy atom. The molecule has 0 saturated carbocycles. The Labute approximate surface area is 124 Å². The zero-order chi connectivity index (χ0) is 14.7. The molecule has 1 aliphatic heterocycles. The summed E-state index contributed by atoms with van der Waals surface area (Å²) in [6, 6.07) is 8.80. The van der Waals surface area contributed by atoms with Gasteiger partial charge in [0.05, 0.1) is 31.1 Å². The Morgan fingerprint density at radius 2 is 1.95 bits per heavy atom. The molecule has 0 bridgehead atoms. The predicted molar refractivity (Wildman–Crippen MR) is 79.6 cm³/mol. The topological polar surface area (TPSA) is 30.3 Å². The smallest absolute Gasteiger partial charge is 0.132 e. The second-order valence-corrected chi connectivity index (χ2v) is 5.33. The fourth-order valence-electron chi connectivity index (χ4n) is 2.66. The number of morpholine rings is 1. The lowest BCUT2D eigenvalue weighted by Gasteiger charge is -2.26. The number of hydrogen-bond acceptors (Lipinski definition) is 3. The van der Waals surface area contributed by atoms with Crippen LogP contribution in [0.1, 0.15) is 5.69 Å². The number of benzene rings is 1. The summed E-state index contributed by atoms with van der Waals surface area (Å²) < 4.78 is 21.2. The van der Waals surface area contributed by atoms with Crippen molar-refractivity contribution in [3.8, 4) is 11.3 Å². The Bertz CT molecular complexity index is 605. The number of rotatable bonds is 4. The van der Waals surface area contributed by atoms with E-state index in [0.29, 0.717) is 5.56 Å². The van der Waals surface area contributed by atoms with Crippen molar-refractivity contribution in [2.24, 2.45) is 0 Å². The van der Waals surface area contributed by atoms with Crippen molar-refractivity contribution in [3.63, 3.8) is 0 Å². The Hall–Kier alpha value is -1.72. The van der Waals surface area contributed by atoms with Crippen LogP contribution >= 0.6 is 0 Å². The summed E-state index contributed by atoms with van der Waals surface area (Å²) in [5.41, 5.74) is 2.37. The molecule has 0 aliphatic carbocycles. The monoisotopic (exact) mass is 289 g/mol. The first-order chi connectivity index (χ1) is 10.2. The molecule has 0 spiro atoms. The maximum Gasteiger partial charge on any atom is 0.132 e. The minimum atomic E-state index is -0.204. The molecule has 3 rings (SSSR count). The van der Waals surface area contributed by atoms with E-state index in [1.165, 1.54) is 6.07 Å². The van der Waals surface area contributed by atoms with E-state index in [-0.39, 0.29) is 5.82 Å². The van der Waals surface area contributed by atoms with Crippen molar-refractivity contribution in [1.29, 1.82) is 0 Å². The maximum absolute atomic E-state index is 14.0. The highest BCUT2D eigenvalue weighted by Gasteiger charge is 2.14. The summed E-state index contributed by atoms with van der Waals surface area (Å²) in [6.07, 6.45) is 0. The van der Waals surface area contributed by atoms with Gasteiger partial charge in [-0.25, -0.2) is 4.39 Å². The average molecular weight is 289 g/mol. The van der Waals surface area contributed by atoms with E-state index in [1.54, 1.807) is 12.1 Å². The third kappa shape index (κ3) is 3.31. The fourth-order valence-corrected chi connectivity index (χ4v) is 2.66. The third-order valence-electron chi connectivity index (χ3n) is 3.78. The van der Waals surface area contributed by atoms with Crippen LogP contribution in [0.25, 0.3) is 11.3 Å². The zero-order valence-corrected chi connectivity index (χ0v) is 12.3. The van der Waals surface area contributed by atoms with Crippen molar-refractivity contribution in [3.05, 3.63) is 41.8 Å². The minimum Gasteiger partial charge on any atom is -0.379 e. The van der Waals surface area contributed by atoms with E-state index < -0.39 is 0 Å². The van der Waals surface area contributed by atoms with Gasteiger partial charge in [-0.1, -0.05) is 12.1 Å². The number of aromatic nitrogens is 2.